The van der Waals surface area contributed by atoms with Crippen molar-refractivity contribution < 1.29 is 38.4 Å². The molecule has 0 saturated carbocycles. The lowest BCUT2D eigenvalue weighted by Gasteiger charge is -2.33. The van der Waals surface area contributed by atoms with Gasteiger partial charge in [-0.25, -0.2) is 4.79 Å². The highest BCUT2D eigenvalue weighted by atomic mass is 16.7. The van der Waals surface area contributed by atoms with Crippen molar-refractivity contribution in [2.45, 2.75) is 57.8 Å². The predicted octanol–water partition coefficient (Wildman–Crippen LogP) is 0.453. The van der Waals surface area contributed by atoms with Gasteiger partial charge in [-0.1, -0.05) is 6.07 Å². The quantitative estimate of drug-likeness (QED) is 0.545. The number of amides is 1. The number of methoxy groups -OCH3 is 1. The lowest BCUT2D eigenvalue weighted by molar-refractivity contribution is -0.204. The van der Waals surface area contributed by atoms with Gasteiger partial charge >= 0.3 is 11.9 Å². The van der Waals surface area contributed by atoms with E-state index in [4.69, 9.17) is 24.7 Å². The van der Waals surface area contributed by atoms with Crippen LogP contribution in [0, 0.1) is 0 Å². The molecule has 1 aromatic carbocycles. The maximum Gasteiger partial charge on any atom is 0.335 e. The fourth-order valence-corrected chi connectivity index (χ4v) is 2.79. The van der Waals surface area contributed by atoms with Gasteiger partial charge in [-0.2, -0.15) is 0 Å². The van der Waals surface area contributed by atoms with Crippen LogP contribution < -0.4 is 15.8 Å². The van der Waals surface area contributed by atoms with Gasteiger partial charge in [0.15, 0.2) is 6.10 Å². The van der Waals surface area contributed by atoms with Crippen molar-refractivity contribution in [3.05, 3.63) is 23.8 Å². The molecule has 1 aliphatic rings. The van der Waals surface area contributed by atoms with Gasteiger partial charge in [0.25, 0.3) is 0 Å². The smallest absolute Gasteiger partial charge is 0.335 e. The lowest BCUT2D eigenvalue weighted by atomic mass is 10.0. The van der Waals surface area contributed by atoms with Crippen molar-refractivity contribution in [3.63, 3.8) is 0 Å². The molecule has 4 N–H and O–H groups in total. The maximum atomic E-state index is 12.0. The molecule has 1 aliphatic heterocycles. The van der Waals surface area contributed by atoms with Crippen molar-refractivity contribution in [2.24, 2.45) is 5.73 Å². The zero-order chi connectivity index (χ0) is 21.6. The highest BCUT2D eigenvalue weighted by Gasteiger charge is 2.37. The third-order valence-electron chi connectivity index (χ3n) is 4.20. The molecule has 10 heteroatoms. The minimum atomic E-state index is -0.980. The highest BCUT2D eigenvalue weighted by Crippen LogP contribution is 2.31. The van der Waals surface area contributed by atoms with E-state index in [9.17, 15) is 19.5 Å². The Morgan fingerprint density at radius 2 is 2.07 bits per heavy atom. The van der Waals surface area contributed by atoms with Crippen LogP contribution in [0.25, 0.3) is 0 Å². The number of carbonyl (C=O) groups is 3. The molecule has 1 aromatic rings. The second-order valence-electron chi connectivity index (χ2n) is 6.66. The summed E-state index contributed by atoms with van der Waals surface area (Å²) in [4.78, 5) is 35.2. The van der Waals surface area contributed by atoms with Gasteiger partial charge in [-0.15, -0.1) is 0 Å². The zero-order valence-corrected chi connectivity index (χ0v) is 16.5. The molecule has 10 nitrogen and oxygen atoms in total. The van der Waals surface area contributed by atoms with E-state index in [0.717, 1.165) is 0 Å². The Bertz CT molecular complexity index is 752. The fraction of sp³-hybridized carbons (Fsp3) is 0.526. The number of benzene rings is 1. The Morgan fingerprint density at radius 3 is 2.66 bits per heavy atom. The van der Waals surface area contributed by atoms with E-state index in [1.807, 2.05) is 0 Å². The average molecular weight is 410 g/mol. The molecule has 1 saturated heterocycles. The van der Waals surface area contributed by atoms with Crippen LogP contribution in [-0.4, -0.2) is 54.6 Å². The molecule has 1 fully saturated rings. The number of anilines is 1. The first kappa shape index (κ1) is 22.6. The van der Waals surface area contributed by atoms with Crippen LogP contribution in [0.4, 0.5) is 5.69 Å². The molecule has 1 heterocycles. The molecule has 160 valence electrons. The van der Waals surface area contributed by atoms with E-state index < -0.39 is 42.4 Å². The molecule has 2 rings (SSSR count). The monoisotopic (exact) mass is 410 g/mol. The summed E-state index contributed by atoms with van der Waals surface area (Å²) in [6.07, 6.45) is -2.25. The molecule has 4 unspecified atom stereocenters. The van der Waals surface area contributed by atoms with Crippen molar-refractivity contribution in [3.8, 4) is 5.75 Å². The summed E-state index contributed by atoms with van der Waals surface area (Å²) < 4.78 is 21.4. The van der Waals surface area contributed by atoms with Gasteiger partial charge in [-0.05, 0) is 24.6 Å². The van der Waals surface area contributed by atoms with E-state index in [0.29, 0.717) is 11.3 Å². The molecule has 0 aromatic heterocycles. The lowest BCUT2D eigenvalue weighted by Crippen LogP contribution is -2.44. The van der Waals surface area contributed by atoms with Crippen molar-refractivity contribution in [2.75, 3.05) is 12.4 Å². The van der Waals surface area contributed by atoms with Gasteiger partial charge in [0, 0.05) is 19.8 Å². The van der Waals surface area contributed by atoms with Crippen LogP contribution in [-0.2, 0) is 35.2 Å². The first-order chi connectivity index (χ1) is 13.7. The first-order valence-electron chi connectivity index (χ1n) is 9.10. The zero-order valence-electron chi connectivity index (χ0n) is 16.5. The standard InChI is InChI=1S/C19H26N2O8/c1-10(20)18(24)21-14-5-4-12(9-22)6-15(14)28-17-8-13(27-11(2)23)7-16(29-17)19(25)26-3/h4-6,10,13,16-17,22H,7-9,20H2,1-3H3,(H,21,24). The van der Waals surface area contributed by atoms with E-state index >= 15 is 0 Å². The topological polar surface area (TPSA) is 146 Å². The summed E-state index contributed by atoms with van der Waals surface area (Å²) in [5.41, 5.74) is 6.44. The fourth-order valence-electron chi connectivity index (χ4n) is 2.79. The average Bonchev–Trinajstić information content (AvgIpc) is 2.67. The second-order valence-corrected chi connectivity index (χ2v) is 6.66. The summed E-state index contributed by atoms with van der Waals surface area (Å²) in [5, 5.41) is 12.0. The van der Waals surface area contributed by atoms with Crippen LogP contribution in [0.5, 0.6) is 5.75 Å². The van der Waals surface area contributed by atoms with Gasteiger partial charge in [0.1, 0.15) is 11.9 Å². The largest absolute Gasteiger partial charge is 0.467 e. The van der Waals surface area contributed by atoms with Gasteiger partial charge in [-0.3, -0.25) is 9.59 Å². The minimum absolute atomic E-state index is 0.136. The van der Waals surface area contributed by atoms with E-state index in [2.05, 4.69) is 5.32 Å². The Morgan fingerprint density at radius 1 is 1.34 bits per heavy atom. The Balaban J connectivity index is 2.25. The van der Waals surface area contributed by atoms with Crippen molar-refractivity contribution >= 4 is 23.5 Å². The number of nitrogens with one attached hydrogen (secondary N) is 1. The molecule has 29 heavy (non-hydrogen) atoms. The number of esters is 2. The first-order valence-corrected chi connectivity index (χ1v) is 9.10. The summed E-state index contributed by atoms with van der Waals surface area (Å²) in [5.74, 6) is -1.33. The summed E-state index contributed by atoms with van der Waals surface area (Å²) >= 11 is 0. The van der Waals surface area contributed by atoms with E-state index in [1.54, 1.807) is 12.1 Å². The van der Waals surface area contributed by atoms with Gasteiger partial charge in [0.05, 0.1) is 25.4 Å². The van der Waals surface area contributed by atoms with E-state index in [1.165, 1.54) is 27.0 Å². The number of aliphatic hydroxyl groups is 1. The summed E-state index contributed by atoms with van der Waals surface area (Å²) in [6, 6.07) is 3.96. The number of aliphatic hydroxyl groups excluding tert-OH is 1. The molecular formula is C19H26N2O8. The van der Waals surface area contributed by atoms with Gasteiger partial charge in [0.2, 0.25) is 12.2 Å². The molecule has 4 atom stereocenters. The highest BCUT2D eigenvalue weighted by molar-refractivity contribution is 5.95. The molecule has 0 bridgehead atoms. The number of rotatable bonds is 7. The number of nitrogens with two attached hydrogens (primary N) is 1. The second kappa shape index (κ2) is 10.2. The van der Waals surface area contributed by atoms with E-state index in [-0.39, 0.29) is 25.2 Å². The molecule has 0 radical (unpaired) electrons. The number of hydrogen-bond acceptors (Lipinski definition) is 9. The molecule has 0 spiro atoms. The van der Waals surface area contributed by atoms with Gasteiger partial charge < -0.3 is 35.1 Å². The number of hydrogen-bond donors (Lipinski definition) is 3. The van der Waals surface area contributed by atoms with Crippen LogP contribution >= 0.6 is 0 Å². The minimum Gasteiger partial charge on any atom is -0.467 e. The van der Waals surface area contributed by atoms with Crippen LogP contribution in [0.3, 0.4) is 0 Å². The summed E-state index contributed by atoms with van der Waals surface area (Å²) in [6.45, 7) is 2.56. The Hall–Kier alpha value is -2.69. The number of carbonyl (C=O) groups excluding carboxylic acids is 3. The van der Waals surface area contributed by atoms with Crippen LogP contribution in [0.2, 0.25) is 0 Å². The maximum absolute atomic E-state index is 12.0. The SMILES string of the molecule is COC(=O)C1CC(OC(C)=O)CC(Oc2cc(CO)ccc2NC(=O)C(C)N)O1. The Kier molecular flexibility index (Phi) is 7.94. The molecular weight excluding hydrogens is 384 g/mol. The normalized spacial score (nSPS) is 22.3. The third kappa shape index (κ3) is 6.41. The van der Waals surface area contributed by atoms with Crippen LogP contribution in [0.15, 0.2) is 18.2 Å². The van der Waals surface area contributed by atoms with Crippen LogP contribution in [0.1, 0.15) is 32.3 Å². The number of ether oxygens (including phenoxy) is 4. The summed E-state index contributed by atoms with van der Waals surface area (Å²) in [7, 11) is 1.23. The third-order valence-corrected chi connectivity index (χ3v) is 4.20. The predicted molar refractivity (Wildman–Crippen MR) is 101 cm³/mol. The molecule has 1 amide bonds. The van der Waals surface area contributed by atoms with Crippen molar-refractivity contribution in [1.29, 1.82) is 0 Å². The van der Waals surface area contributed by atoms with Crippen molar-refractivity contribution in [1.82, 2.24) is 0 Å². The Labute approximate surface area is 168 Å². The molecule has 0 aliphatic carbocycles.